The summed E-state index contributed by atoms with van der Waals surface area (Å²) in [5, 5.41) is 2.13. The summed E-state index contributed by atoms with van der Waals surface area (Å²) in [6.07, 6.45) is 9.43. The number of benzene rings is 2. The lowest BCUT2D eigenvalue weighted by Gasteiger charge is -2.30. The Hall–Kier alpha value is -3.74. The molecule has 3 heterocycles. The monoisotopic (exact) mass is 443 g/mol. The van der Waals surface area contributed by atoms with Crippen LogP contribution in [0.5, 0.6) is 0 Å². The van der Waals surface area contributed by atoms with Crippen LogP contribution in [0.25, 0.3) is 21.8 Å². The van der Waals surface area contributed by atoms with Crippen LogP contribution in [0.4, 0.5) is 5.69 Å². The molecular weight excluding hydrogens is 414 g/mol. The van der Waals surface area contributed by atoms with Crippen molar-refractivity contribution in [1.29, 1.82) is 0 Å². The minimum atomic E-state index is -0.414. The topological polar surface area (TPSA) is 110 Å². The van der Waals surface area contributed by atoms with E-state index in [0.29, 0.717) is 11.1 Å². The third kappa shape index (κ3) is 3.95. The van der Waals surface area contributed by atoms with Crippen molar-refractivity contribution < 1.29 is 9.59 Å². The summed E-state index contributed by atoms with van der Waals surface area (Å²) in [6, 6.07) is 11.5. The number of fused-ring (bicyclic) bond motifs is 2. The summed E-state index contributed by atoms with van der Waals surface area (Å²) in [5.41, 5.74) is 16.6. The number of aryl methyl sites for hydroxylation is 2. The van der Waals surface area contributed by atoms with Gasteiger partial charge in [0.15, 0.2) is 0 Å². The van der Waals surface area contributed by atoms with Crippen molar-refractivity contribution >= 4 is 39.3 Å². The number of nitrogens with zero attached hydrogens (tertiary/aromatic N) is 2. The van der Waals surface area contributed by atoms with Crippen LogP contribution >= 0.6 is 0 Å². The maximum absolute atomic E-state index is 12.1. The minimum Gasteiger partial charge on any atom is -0.370 e. The molecule has 0 aliphatic carbocycles. The Morgan fingerprint density at radius 3 is 2.52 bits per heavy atom. The van der Waals surface area contributed by atoms with Gasteiger partial charge in [-0.05, 0) is 74.1 Å². The number of primary amides is 2. The van der Waals surface area contributed by atoms with E-state index in [-0.39, 0.29) is 5.91 Å². The van der Waals surface area contributed by atoms with E-state index in [2.05, 4.69) is 26.7 Å². The molecule has 4 aromatic rings. The second-order valence-electron chi connectivity index (χ2n) is 8.86. The molecule has 170 valence electrons. The number of aromatic amines is 1. The number of nitrogens with two attached hydrogens (primary N) is 2. The van der Waals surface area contributed by atoms with Gasteiger partial charge in [0.25, 0.3) is 5.91 Å². The molecule has 5 rings (SSSR count). The molecule has 2 aromatic carbocycles. The Morgan fingerprint density at radius 2 is 1.76 bits per heavy atom. The van der Waals surface area contributed by atoms with E-state index >= 15 is 0 Å². The molecule has 0 bridgehead atoms. The number of hydrogen-bond donors (Lipinski definition) is 3. The van der Waals surface area contributed by atoms with Crippen LogP contribution in [0.3, 0.4) is 0 Å². The molecule has 2 aromatic heterocycles. The predicted molar refractivity (Wildman–Crippen MR) is 132 cm³/mol. The fourth-order valence-electron chi connectivity index (χ4n) is 5.09. The largest absolute Gasteiger partial charge is 0.370 e. The van der Waals surface area contributed by atoms with E-state index in [0.717, 1.165) is 72.8 Å². The molecule has 0 radical (unpaired) electrons. The van der Waals surface area contributed by atoms with Gasteiger partial charge >= 0.3 is 0 Å². The molecule has 7 nitrogen and oxygen atoms in total. The van der Waals surface area contributed by atoms with Crippen molar-refractivity contribution in [2.75, 3.05) is 18.0 Å². The van der Waals surface area contributed by atoms with Crippen molar-refractivity contribution in [1.82, 2.24) is 9.55 Å². The van der Waals surface area contributed by atoms with Crippen LogP contribution in [-0.2, 0) is 13.0 Å². The summed E-state index contributed by atoms with van der Waals surface area (Å²) in [5.74, 6) is -0.789. The van der Waals surface area contributed by atoms with Gasteiger partial charge in [-0.25, -0.2) is 0 Å². The van der Waals surface area contributed by atoms with Crippen LogP contribution in [0, 0.1) is 0 Å². The summed E-state index contributed by atoms with van der Waals surface area (Å²) in [6.45, 7) is 2.76. The molecule has 1 aliphatic heterocycles. The number of carbonyl (C=O) groups excluding carboxylic acids is 2. The fourth-order valence-corrected chi connectivity index (χ4v) is 5.09. The van der Waals surface area contributed by atoms with Crippen molar-refractivity contribution in [3.05, 3.63) is 65.5 Å². The number of nitrogens with one attached hydrogen (secondary N) is 1. The van der Waals surface area contributed by atoms with Crippen LogP contribution in [0.2, 0.25) is 0 Å². The van der Waals surface area contributed by atoms with E-state index in [4.69, 9.17) is 11.5 Å². The highest BCUT2D eigenvalue weighted by Gasteiger charge is 2.21. The van der Waals surface area contributed by atoms with E-state index in [1.54, 1.807) is 6.07 Å². The lowest BCUT2D eigenvalue weighted by atomic mass is 10.0. The summed E-state index contributed by atoms with van der Waals surface area (Å²) >= 11 is 0. The van der Waals surface area contributed by atoms with E-state index in [9.17, 15) is 9.59 Å². The lowest BCUT2D eigenvalue weighted by Crippen LogP contribution is -2.31. The number of rotatable bonds is 7. The van der Waals surface area contributed by atoms with Crippen LogP contribution in [0.1, 0.15) is 52.0 Å². The van der Waals surface area contributed by atoms with Crippen molar-refractivity contribution in [2.45, 2.75) is 38.6 Å². The SMILES string of the molecule is NC(=O)c1ccc2[nH]cc(CCCn3ccc4c(N5CCCCC5)c(C(N)=O)ccc43)c2c1. The number of amides is 2. The molecule has 0 saturated carbocycles. The molecule has 1 saturated heterocycles. The zero-order chi connectivity index (χ0) is 22.9. The predicted octanol–water partition coefficient (Wildman–Crippen LogP) is 3.94. The first-order valence-corrected chi connectivity index (χ1v) is 11.6. The third-order valence-electron chi connectivity index (χ3n) is 6.76. The van der Waals surface area contributed by atoms with Crippen LogP contribution < -0.4 is 16.4 Å². The Labute approximate surface area is 192 Å². The highest BCUT2D eigenvalue weighted by atomic mass is 16.1. The Bertz CT molecular complexity index is 1340. The van der Waals surface area contributed by atoms with Gasteiger partial charge in [0.05, 0.1) is 16.8 Å². The van der Waals surface area contributed by atoms with Crippen molar-refractivity contribution in [3.63, 3.8) is 0 Å². The average Bonchev–Trinajstić information content (AvgIpc) is 3.42. The molecular formula is C26H29N5O2. The highest BCUT2D eigenvalue weighted by molar-refractivity contribution is 6.07. The van der Waals surface area contributed by atoms with Gasteiger partial charge in [-0.15, -0.1) is 0 Å². The highest BCUT2D eigenvalue weighted by Crippen LogP contribution is 2.34. The zero-order valence-corrected chi connectivity index (χ0v) is 18.6. The van der Waals surface area contributed by atoms with Crippen LogP contribution in [-0.4, -0.2) is 34.5 Å². The first kappa shape index (κ1) is 21.1. The van der Waals surface area contributed by atoms with E-state index in [1.807, 2.05) is 30.5 Å². The molecule has 33 heavy (non-hydrogen) atoms. The van der Waals surface area contributed by atoms with Gasteiger partial charge in [-0.1, -0.05) is 0 Å². The van der Waals surface area contributed by atoms with E-state index < -0.39 is 5.91 Å². The number of aromatic nitrogens is 2. The number of anilines is 1. The van der Waals surface area contributed by atoms with Crippen molar-refractivity contribution in [3.8, 4) is 0 Å². The molecule has 1 fully saturated rings. The standard InChI is InChI=1S/C26H29N5O2/c27-25(32)17-6-8-22-21(15-17)18(16-29-22)5-4-13-30-14-10-19-23(30)9-7-20(26(28)33)24(19)31-11-2-1-3-12-31/h6-10,14-16,29H,1-5,11-13H2,(H2,27,32)(H2,28,33). The Kier molecular flexibility index (Phi) is 5.54. The van der Waals surface area contributed by atoms with Gasteiger partial charge in [0.1, 0.15) is 0 Å². The smallest absolute Gasteiger partial charge is 0.250 e. The molecule has 1 aliphatic rings. The molecule has 0 spiro atoms. The molecule has 0 unspecified atom stereocenters. The van der Waals surface area contributed by atoms with Gasteiger partial charge in [0, 0.05) is 53.9 Å². The number of piperidine rings is 1. The van der Waals surface area contributed by atoms with Gasteiger partial charge in [-0.2, -0.15) is 0 Å². The molecule has 5 N–H and O–H groups in total. The van der Waals surface area contributed by atoms with Crippen LogP contribution in [0.15, 0.2) is 48.8 Å². The molecule has 0 atom stereocenters. The Balaban J connectivity index is 1.39. The second kappa shape index (κ2) is 8.65. The van der Waals surface area contributed by atoms with Gasteiger partial charge < -0.3 is 25.9 Å². The first-order chi connectivity index (χ1) is 16.0. The molecule has 2 amide bonds. The number of hydrogen-bond acceptors (Lipinski definition) is 3. The first-order valence-electron chi connectivity index (χ1n) is 11.6. The van der Waals surface area contributed by atoms with E-state index in [1.165, 1.54) is 12.0 Å². The maximum Gasteiger partial charge on any atom is 0.250 e. The Morgan fingerprint density at radius 1 is 0.939 bits per heavy atom. The van der Waals surface area contributed by atoms with Gasteiger partial charge in [0.2, 0.25) is 5.91 Å². The van der Waals surface area contributed by atoms with Crippen molar-refractivity contribution in [2.24, 2.45) is 11.5 Å². The van der Waals surface area contributed by atoms with Gasteiger partial charge in [-0.3, -0.25) is 9.59 Å². The third-order valence-corrected chi connectivity index (χ3v) is 6.76. The normalized spacial score (nSPS) is 14.2. The minimum absolute atomic E-state index is 0.375. The average molecular weight is 444 g/mol. The number of H-pyrrole nitrogens is 1. The lowest BCUT2D eigenvalue weighted by molar-refractivity contribution is 0.0992. The number of carbonyl (C=O) groups is 2. The molecule has 7 heteroatoms. The summed E-state index contributed by atoms with van der Waals surface area (Å²) in [7, 11) is 0. The fraction of sp³-hybridized carbons (Fsp3) is 0.308. The summed E-state index contributed by atoms with van der Waals surface area (Å²) in [4.78, 5) is 29.3. The zero-order valence-electron chi connectivity index (χ0n) is 18.6. The quantitative estimate of drug-likeness (QED) is 0.402. The summed E-state index contributed by atoms with van der Waals surface area (Å²) < 4.78 is 2.25. The maximum atomic E-state index is 12.1. The second-order valence-corrected chi connectivity index (χ2v) is 8.86.